The van der Waals surface area contributed by atoms with Gasteiger partial charge in [-0.2, -0.15) is 0 Å². The highest BCUT2D eigenvalue weighted by Crippen LogP contribution is 2.26. The quantitative estimate of drug-likeness (QED) is 0.884. The Morgan fingerprint density at radius 2 is 1.95 bits per heavy atom. The maximum absolute atomic E-state index is 13.7. The molecule has 112 valence electrons. The van der Waals surface area contributed by atoms with Crippen molar-refractivity contribution in [3.8, 4) is 5.75 Å². The number of rotatable bonds is 5. The van der Waals surface area contributed by atoms with E-state index in [1.807, 2.05) is 0 Å². The van der Waals surface area contributed by atoms with Crippen molar-refractivity contribution in [1.82, 2.24) is 0 Å². The van der Waals surface area contributed by atoms with Crippen LogP contribution in [0.4, 0.5) is 14.5 Å². The van der Waals surface area contributed by atoms with Crippen molar-refractivity contribution in [2.75, 3.05) is 12.4 Å². The Bertz CT molecular complexity index is 632. The number of halogens is 2. The largest absolute Gasteiger partial charge is 0.496 e. The van der Waals surface area contributed by atoms with Crippen LogP contribution in [0.25, 0.3) is 0 Å². The van der Waals surface area contributed by atoms with Gasteiger partial charge in [0.15, 0.2) is 0 Å². The monoisotopic (exact) mass is 293 g/mol. The lowest BCUT2D eigenvalue weighted by molar-refractivity contribution is 0.274. The molecule has 0 radical (unpaired) electrons. The zero-order chi connectivity index (χ0) is 15.4. The number of anilines is 1. The second-order valence-corrected chi connectivity index (χ2v) is 4.72. The molecule has 0 heterocycles. The maximum Gasteiger partial charge on any atom is 0.131 e. The predicted molar refractivity (Wildman–Crippen MR) is 77.3 cm³/mol. The van der Waals surface area contributed by atoms with Gasteiger partial charge in [0.1, 0.15) is 17.4 Å². The molecule has 2 aromatic carbocycles. The molecule has 0 aliphatic heterocycles. The van der Waals surface area contributed by atoms with Gasteiger partial charge < -0.3 is 15.2 Å². The molecule has 2 N–H and O–H groups in total. The molecule has 0 bridgehead atoms. The highest BCUT2D eigenvalue weighted by atomic mass is 19.1. The SMILES string of the molecule is COc1ccc(NC(C)c2ccc(F)cc2F)cc1CO. The molecular weight excluding hydrogens is 276 g/mol. The van der Waals surface area contributed by atoms with Crippen LogP contribution < -0.4 is 10.1 Å². The molecule has 5 heteroatoms. The predicted octanol–water partition coefficient (Wildman–Crippen LogP) is 3.64. The lowest BCUT2D eigenvalue weighted by Gasteiger charge is -2.18. The van der Waals surface area contributed by atoms with E-state index >= 15 is 0 Å². The first kappa shape index (κ1) is 15.3. The van der Waals surface area contributed by atoms with Gasteiger partial charge in [-0.1, -0.05) is 6.07 Å². The van der Waals surface area contributed by atoms with Crippen molar-refractivity contribution in [2.45, 2.75) is 19.6 Å². The fourth-order valence-corrected chi connectivity index (χ4v) is 2.17. The Morgan fingerprint density at radius 3 is 2.57 bits per heavy atom. The fraction of sp³-hybridized carbons (Fsp3) is 0.250. The summed E-state index contributed by atoms with van der Waals surface area (Å²) in [6.07, 6.45) is 0. The standard InChI is InChI=1S/C16H17F2NO2/c1-10(14-5-3-12(17)8-15(14)18)19-13-4-6-16(21-2)11(7-13)9-20/h3-8,10,19-20H,9H2,1-2H3. The Hall–Kier alpha value is -2.14. The van der Waals surface area contributed by atoms with Crippen LogP contribution in [0.2, 0.25) is 0 Å². The molecular formula is C16H17F2NO2. The summed E-state index contributed by atoms with van der Waals surface area (Å²) in [7, 11) is 1.53. The molecule has 3 nitrogen and oxygen atoms in total. The van der Waals surface area contributed by atoms with E-state index in [0.717, 1.165) is 11.8 Å². The van der Waals surface area contributed by atoms with Crippen LogP contribution in [0.15, 0.2) is 36.4 Å². The van der Waals surface area contributed by atoms with Gasteiger partial charge in [0.2, 0.25) is 0 Å². The van der Waals surface area contributed by atoms with Gasteiger partial charge in [-0.3, -0.25) is 0 Å². The minimum absolute atomic E-state index is 0.155. The summed E-state index contributed by atoms with van der Waals surface area (Å²) >= 11 is 0. The van der Waals surface area contributed by atoms with Crippen LogP contribution in [0.1, 0.15) is 24.1 Å². The van der Waals surface area contributed by atoms with Gasteiger partial charge in [-0.05, 0) is 31.2 Å². The van der Waals surface area contributed by atoms with Crippen LogP contribution in [0.3, 0.4) is 0 Å². The van der Waals surface area contributed by atoms with Crippen LogP contribution in [0, 0.1) is 11.6 Å². The molecule has 1 unspecified atom stereocenters. The first-order valence-electron chi connectivity index (χ1n) is 6.54. The smallest absolute Gasteiger partial charge is 0.131 e. The van der Waals surface area contributed by atoms with Gasteiger partial charge in [0, 0.05) is 22.9 Å². The van der Waals surface area contributed by atoms with E-state index in [2.05, 4.69) is 5.32 Å². The van der Waals surface area contributed by atoms with Crippen molar-refractivity contribution < 1.29 is 18.6 Å². The molecule has 0 aromatic heterocycles. The summed E-state index contributed by atoms with van der Waals surface area (Å²) in [6.45, 7) is 1.62. The number of aliphatic hydroxyl groups is 1. The van der Waals surface area contributed by atoms with Crippen LogP contribution >= 0.6 is 0 Å². The average Bonchev–Trinajstić information content (AvgIpc) is 2.46. The normalized spacial score (nSPS) is 12.0. The van der Waals surface area contributed by atoms with Crippen molar-refractivity contribution in [3.63, 3.8) is 0 Å². The van der Waals surface area contributed by atoms with E-state index in [0.29, 0.717) is 16.9 Å². The number of methoxy groups -OCH3 is 1. The molecule has 0 spiro atoms. The third kappa shape index (κ3) is 3.49. The number of hydrogen-bond acceptors (Lipinski definition) is 3. The van der Waals surface area contributed by atoms with Gasteiger partial charge in [-0.25, -0.2) is 8.78 Å². The van der Waals surface area contributed by atoms with Crippen LogP contribution in [-0.4, -0.2) is 12.2 Å². The Morgan fingerprint density at radius 1 is 1.19 bits per heavy atom. The van der Waals surface area contributed by atoms with Crippen molar-refractivity contribution in [2.24, 2.45) is 0 Å². The highest BCUT2D eigenvalue weighted by molar-refractivity contribution is 5.52. The minimum Gasteiger partial charge on any atom is -0.496 e. The second-order valence-electron chi connectivity index (χ2n) is 4.72. The molecule has 2 rings (SSSR count). The van der Waals surface area contributed by atoms with Crippen molar-refractivity contribution in [1.29, 1.82) is 0 Å². The average molecular weight is 293 g/mol. The molecule has 0 saturated carbocycles. The Balaban J connectivity index is 2.21. The topological polar surface area (TPSA) is 41.5 Å². The molecule has 0 aliphatic rings. The summed E-state index contributed by atoms with van der Waals surface area (Å²) in [6, 6.07) is 8.39. The van der Waals surface area contributed by atoms with E-state index in [1.54, 1.807) is 25.1 Å². The van der Waals surface area contributed by atoms with Gasteiger partial charge in [0.05, 0.1) is 19.8 Å². The van der Waals surface area contributed by atoms with E-state index in [1.165, 1.54) is 19.2 Å². The van der Waals surface area contributed by atoms with Crippen molar-refractivity contribution >= 4 is 5.69 Å². The fourth-order valence-electron chi connectivity index (χ4n) is 2.17. The molecule has 1 atom stereocenters. The van der Waals surface area contributed by atoms with E-state index in [4.69, 9.17) is 4.74 Å². The van der Waals surface area contributed by atoms with Crippen LogP contribution in [0.5, 0.6) is 5.75 Å². The highest BCUT2D eigenvalue weighted by Gasteiger charge is 2.12. The molecule has 2 aromatic rings. The second kappa shape index (κ2) is 6.54. The van der Waals surface area contributed by atoms with E-state index in [-0.39, 0.29) is 12.6 Å². The lowest BCUT2D eigenvalue weighted by Crippen LogP contribution is -2.09. The summed E-state index contributed by atoms with van der Waals surface area (Å²) in [5, 5.41) is 12.4. The third-order valence-corrected chi connectivity index (χ3v) is 3.26. The zero-order valence-electron chi connectivity index (χ0n) is 11.9. The summed E-state index contributed by atoms with van der Waals surface area (Å²) in [5.74, 6) is -0.606. The first-order valence-corrected chi connectivity index (χ1v) is 6.54. The lowest BCUT2D eigenvalue weighted by atomic mass is 10.1. The first-order chi connectivity index (χ1) is 10.0. The van der Waals surface area contributed by atoms with Crippen LogP contribution in [-0.2, 0) is 6.61 Å². The number of hydrogen-bond donors (Lipinski definition) is 2. The van der Waals surface area contributed by atoms with Crippen molar-refractivity contribution in [3.05, 3.63) is 59.2 Å². The minimum atomic E-state index is -0.601. The Labute approximate surface area is 122 Å². The third-order valence-electron chi connectivity index (χ3n) is 3.26. The van der Waals surface area contributed by atoms with Gasteiger partial charge >= 0.3 is 0 Å². The summed E-state index contributed by atoms with van der Waals surface area (Å²) < 4.78 is 31.8. The summed E-state index contributed by atoms with van der Waals surface area (Å²) in [5.41, 5.74) is 1.73. The Kier molecular flexibility index (Phi) is 4.75. The molecule has 0 fully saturated rings. The number of nitrogens with one attached hydrogen (secondary N) is 1. The van der Waals surface area contributed by atoms with E-state index in [9.17, 15) is 13.9 Å². The number of benzene rings is 2. The zero-order valence-corrected chi connectivity index (χ0v) is 11.9. The van der Waals surface area contributed by atoms with E-state index < -0.39 is 11.6 Å². The number of aliphatic hydroxyl groups excluding tert-OH is 1. The molecule has 0 amide bonds. The molecule has 0 aliphatic carbocycles. The molecule has 0 saturated heterocycles. The van der Waals surface area contributed by atoms with Gasteiger partial charge in [-0.15, -0.1) is 0 Å². The summed E-state index contributed by atoms with van der Waals surface area (Å²) in [4.78, 5) is 0. The maximum atomic E-state index is 13.7. The molecule has 21 heavy (non-hydrogen) atoms. The number of ether oxygens (including phenoxy) is 1. The van der Waals surface area contributed by atoms with Gasteiger partial charge in [0.25, 0.3) is 0 Å².